The summed E-state index contributed by atoms with van der Waals surface area (Å²) in [5, 5.41) is -0.134. The molecule has 1 aliphatic heterocycles. The number of hydrogen-bond donors (Lipinski definition) is 0. The SMILES string of the molecule is Cc1ccc2nc(C(C)Cl)n(C3CCOC(C)(C)C3)c2n1. The van der Waals surface area contributed by atoms with Crippen LogP contribution in [0, 0.1) is 6.92 Å². The summed E-state index contributed by atoms with van der Waals surface area (Å²) in [5.74, 6) is 0.910. The quantitative estimate of drug-likeness (QED) is 0.782. The average molecular weight is 308 g/mol. The van der Waals surface area contributed by atoms with Gasteiger partial charge in [-0.05, 0) is 52.7 Å². The maximum Gasteiger partial charge on any atom is 0.160 e. The van der Waals surface area contributed by atoms with Gasteiger partial charge in [-0.25, -0.2) is 9.97 Å². The minimum Gasteiger partial charge on any atom is -0.375 e. The van der Waals surface area contributed by atoms with E-state index in [0.717, 1.165) is 42.1 Å². The number of aromatic nitrogens is 3. The Balaban J connectivity index is 2.14. The first kappa shape index (κ1) is 14.8. The van der Waals surface area contributed by atoms with E-state index in [-0.39, 0.29) is 11.0 Å². The first-order valence-corrected chi connectivity index (χ1v) is 7.94. The molecule has 0 aliphatic carbocycles. The largest absolute Gasteiger partial charge is 0.375 e. The molecule has 4 nitrogen and oxygen atoms in total. The maximum absolute atomic E-state index is 6.37. The Morgan fingerprint density at radius 1 is 1.38 bits per heavy atom. The van der Waals surface area contributed by atoms with E-state index in [4.69, 9.17) is 26.3 Å². The molecule has 2 aromatic rings. The van der Waals surface area contributed by atoms with Crippen LogP contribution >= 0.6 is 11.6 Å². The van der Waals surface area contributed by atoms with Crippen molar-refractivity contribution in [3.05, 3.63) is 23.7 Å². The third kappa shape index (κ3) is 2.79. The van der Waals surface area contributed by atoms with E-state index >= 15 is 0 Å². The van der Waals surface area contributed by atoms with Crippen molar-refractivity contribution in [3.63, 3.8) is 0 Å². The molecule has 1 aliphatic rings. The van der Waals surface area contributed by atoms with E-state index in [0.29, 0.717) is 6.04 Å². The molecular weight excluding hydrogens is 286 g/mol. The molecule has 1 fully saturated rings. The van der Waals surface area contributed by atoms with Crippen LogP contribution in [0.4, 0.5) is 0 Å². The van der Waals surface area contributed by atoms with Crippen molar-refractivity contribution < 1.29 is 4.74 Å². The molecule has 5 heteroatoms. The maximum atomic E-state index is 6.37. The third-order valence-corrected chi connectivity index (χ3v) is 4.29. The van der Waals surface area contributed by atoms with Gasteiger partial charge in [0.05, 0.1) is 11.0 Å². The number of fused-ring (bicyclic) bond motifs is 1. The van der Waals surface area contributed by atoms with Crippen molar-refractivity contribution in [2.24, 2.45) is 0 Å². The van der Waals surface area contributed by atoms with Gasteiger partial charge in [0, 0.05) is 18.3 Å². The van der Waals surface area contributed by atoms with Gasteiger partial charge in [-0.3, -0.25) is 0 Å². The van der Waals surface area contributed by atoms with Crippen molar-refractivity contribution in [2.45, 2.75) is 57.6 Å². The fourth-order valence-electron chi connectivity index (χ4n) is 3.15. The Bertz CT molecular complexity index is 663. The molecule has 2 atom stereocenters. The van der Waals surface area contributed by atoms with Crippen molar-refractivity contribution in [2.75, 3.05) is 6.61 Å². The van der Waals surface area contributed by atoms with Gasteiger partial charge in [-0.15, -0.1) is 11.6 Å². The molecule has 2 aromatic heterocycles. The van der Waals surface area contributed by atoms with Crippen LogP contribution in [0.15, 0.2) is 12.1 Å². The summed E-state index contributed by atoms with van der Waals surface area (Å²) in [6, 6.07) is 4.36. The number of rotatable bonds is 2. The van der Waals surface area contributed by atoms with Crippen LogP contribution in [0.2, 0.25) is 0 Å². The lowest BCUT2D eigenvalue weighted by Crippen LogP contribution is -2.35. The number of halogens is 1. The first-order valence-electron chi connectivity index (χ1n) is 7.51. The second-order valence-electron chi connectivity index (χ2n) is 6.51. The zero-order valence-electron chi connectivity index (χ0n) is 13.1. The molecule has 0 N–H and O–H groups in total. The second-order valence-corrected chi connectivity index (χ2v) is 7.16. The highest BCUT2D eigenvalue weighted by molar-refractivity contribution is 6.20. The summed E-state index contributed by atoms with van der Waals surface area (Å²) in [6.07, 6.45) is 1.92. The molecule has 0 spiro atoms. The third-order valence-electron chi connectivity index (χ3n) is 4.10. The predicted molar refractivity (Wildman–Crippen MR) is 84.8 cm³/mol. The number of alkyl halides is 1. The first-order chi connectivity index (χ1) is 9.87. The number of imidazole rings is 1. The fourth-order valence-corrected chi connectivity index (χ4v) is 3.30. The van der Waals surface area contributed by atoms with Crippen LogP contribution in [0.3, 0.4) is 0 Å². The smallest absolute Gasteiger partial charge is 0.160 e. The Morgan fingerprint density at radius 3 is 2.81 bits per heavy atom. The monoisotopic (exact) mass is 307 g/mol. The van der Waals surface area contributed by atoms with Crippen molar-refractivity contribution in [1.29, 1.82) is 0 Å². The fraction of sp³-hybridized carbons (Fsp3) is 0.625. The van der Waals surface area contributed by atoms with Gasteiger partial charge < -0.3 is 9.30 Å². The van der Waals surface area contributed by atoms with E-state index < -0.39 is 0 Å². The van der Waals surface area contributed by atoms with Crippen LogP contribution in [0.5, 0.6) is 0 Å². The summed E-state index contributed by atoms with van der Waals surface area (Å²) in [4.78, 5) is 9.41. The van der Waals surface area contributed by atoms with Crippen LogP contribution in [0.25, 0.3) is 11.2 Å². The molecule has 114 valence electrons. The zero-order chi connectivity index (χ0) is 15.2. The zero-order valence-corrected chi connectivity index (χ0v) is 13.8. The lowest BCUT2D eigenvalue weighted by atomic mass is 9.93. The second kappa shape index (κ2) is 5.25. The normalized spacial score (nSPS) is 23.4. The molecule has 0 amide bonds. The van der Waals surface area contributed by atoms with Gasteiger partial charge >= 0.3 is 0 Å². The average Bonchev–Trinajstić information content (AvgIpc) is 2.76. The number of ether oxygens (including phenoxy) is 1. The van der Waals surface area contributed by atoms with Gasteiger partial charge in [0.15, 0.2) is 5.65 Å². The molecule has 0 bridgehead atoms. The molecule has 3 heterocycles. The van der Waals surface area contributed by atoms with E-state index in [9.17, 15) is 0 Å². The van der Waals surface area contributed by atoms with Crippen molar-refractivity contribution in [3.8, 4) is 0 Å². The van der Waals surface area contributed by atoms with Crippen molar-refractivity contribution >= 4 is 22.8 Å². The number of nitrogens with zero attached hydrogens (tertiary/aromatic N) is 3. The molecule has 0 aromatic carbocycles. The summed E-state index contributed by atoms with van der Waals surface area (Å²) < 4.78 is 8.08. The van der Waals surface area contributed by atoms with Gasteiger partial charge in [-0.1, -0.05) is 0 Å². The summed E-state index contributed by atoms with van der Waals surface area (Å²) in [5.41, 5.74) is 2.76. The summed E-state index contributed by atoms with van der Waals surface area (Å²) in [6.45, 7) is 9.02. The lowest BCUT2D eigenvalue weighted by molar-refractivity contribution is -0.0689. The van der Waals surface area contributed by atoms with Crippen LogP contribution < -0.4 is 0 Å². The molecule has 3 rings (SSSR count). The molecule has 21 heavy (non-hydrogen) atoms. The Morgan fingerprint density at radius 2 is 2.14 bits per heavy atom. The molecule has 1 saturated heterocycles. The highest BCUT2D eigenvalue weighted by atomic mass is 35.5. The molecule has 0 radical (unpaired) electrons. The minimum absolute atomic E-state index is 0.115. The highest BCUT2D eigenvalue weighted by Gasteiger charge is 2.32. The van der Waals surface area contributed by atoms with Crippen LogP contribution in [-0.2, 0) is 4.74 Å². The Hall–Kier alpha value is -1.13. The Kier molecular flexibility index (Phi) is 3.70. The molecule has 2 unspecified atom stereocenters. The summed E-state index contributed by atoms with van der Waals surface area (Å²) in [7, 11) is 0. The Labute approximate surface area is 130 Å². The number of hydrogen-bond acceptors (Lipinski definition) is 3. The minimum atomic E-state index is -0.134. The standard InChI is InChI=1S/C16H22ClN3O/c1-10-5-6-13-15(18-10)20(14(19-13)11(2)17)12-7-8-21-16(3,4)9-12/h5-6,11-12H,7-9H2,1-4H3. The summed E-state index contributed by atoms with van der Waals surface area (Å²) >= 11 is 6.37. The van der Waals surface area contributed by atoms with Gasteiger partial charge in [0.2, 0.25) is 0 Å². The molecular formula is C16H22ClN3O. The van der Waals surface area contributed by atoms with Gasteiger partial charge in [0.1, 0.15) is 11.3 Å². The topological polar surface area (TPSA) is 39.9 Å². The highest BCUT2D eigenvalue weighted by Crippen LogP contribution is 2.36. The van der Waals surface area contributed by atoms with Gasteiger partial charge in [0.25, 0.3) is 0 Å². The number of pyridine rings is 1. The van der Waals surface area contributed by atoms with E-state index in [1.807, 2.05) is 26.0 Å². The van der Waals surface area contributed by atoms with Gasteiger partial charge in [-0.2, -0.15) is 0 Å². The van der Waals surface area contributed by atoms with Crippen molar-refractivity contribution in [1.82, 2.24) is 14.5 Å². The van der Waals surface area contributed by atoms with E-state index in [2.05, 4.69) is 18.4 Å². The van der Waals surface area contributed by atoms with E-state index in [1.54, 1.807) is 0 Å². The van der Waals surface area contributed by atoms with E-state index in [1.165, 1.54) is 0 Å². The van der Waals surface area contributed by atoms with Crippen LogP contribution in [-0.4, -0.2) is 26.7 Å². The lowest BCUT2D eigenvalue weighted by Gasteiger charge is -2.36. The number of aryl methyl sites for hydroxylation is 1. The van der Waals surface area contributed by atoms with Crippen LogP contribution in [0.1, 0.15) is 56.6 Å². The molecule has 0 saturated carbocycles. The predicted octanol–water partition coefficient (Wildman–Crippen LogP) is 4.17.